The molecule has 7 aliphatic heterocycles. The van der Waals surface area contributed by atoms with Gasteiger partial charge in [-0.05, 0) is 146 Å². The van der Waals surface area contributed by atoms with Crippen molar-refractivity contribution in [3.05, 3.63) is 223 Å². The van der Waals surface area contributed by atoms with Crippen molar-refractivity contribution in [2.24, 2.45) is 0 Å². The van der Waals surface area contributed by atoms with Gasteiger partial charge in [-0.15, -0.1) is 24.0 Å². The second-order valence-corrected chi connectivity index (χ2v) is 40.5. The molecule has 27 heteroatoms. The van der Waals surface area contributed by atoms with E-state index in [2.05, 4.69) is 46.9 Å². The Bertz CT molecular complexity index is 5210. The number of fused-ring (bicyclic) bond motifs is 4. The van der Waals surface area contributed by atoms with Gasteiger partial charge in [-0.3, -0.25) is 53.2 Å². The van der Waals surface area contributed by atoms with Crippen LogP contribution in [0, 0.1) is 0 Å². The van der Waals surface area contributed by atoms with Crippen LogP contribution in [0.25, 0.3) is 0 Å². The van der Waals surface area contributed by atoms with E-state index in [9.17, 15) is 38.7 Å². The van der Waals surface area contributed by atoms with Gasteiger partial charge in [0.2, 0.25) is 23.6 Å². The molecule has 8 aromatic carbocycles. The molecule has 784 valence electrons. The number of piperazine rings is 2. The molecule has 0 atom stereocenters. The van der Waals surface area contributed by atoms with Gasteiger partial charge in [-0.25, -0.2) is 0 Å². The van der Waals surface area contributed by atoms with Gasteiger partial charge in [-0.2, -0.15) is 0 Å². The van der Waals surface area contributed by atoms with Crippen LogP contribution in [0.1, 0.15) is 298 Å². The standard InChI is InChI=1S/C36H51Cl2N3O4.C29H39NO4.C22H33NO4.C16H15NO2.C14H19Cl2N2.HI/c1-2-3-4-5-6-7-8-9-10-16-35(43)45-28-41-33-27-30(19-17-29(33)18-20-34(41)42)44-26-12-11-21-39-22-24-40(25-23-39)32-15-13-14-31(37)36(32)38;1-2-3-4-5-6-7-8-9-13-16-29(32)34-23-30-27-21-26(19-17-25(27)18-20-28(30)31)33-22-24-14-11-10-12-15-24;1-2-3-4-5-6-7-8-9-10-11-22(26)27-17-23-20-16-19(24)14-12-18(20)13-15-21(23)25;18-16-9-7-13-6-8-14(10-15(13)17-16)19-11-12-4-2-1-3-5-12;15-12-4-3-5-13(14(12)16)17-6-10-18(11-7-17)8-1-2-9-18;/h13-15,17,19,27H,2-12,16,18,20-26,28H2,1H3;10-12,14-15,17,19,21H,2-9,13,16,18,20,22-23H2,1H3;12,14,16,24H,2-11,13,15,17H2,1H3;1-6,8,10H,7,9,11H2,(H,17,18);3-5H,1-2,6-11H2;1H/q;;;;+1;. The quantitative estimate of drug-likeness (QED) is 0.0119. The first-order valence-corrected chi connectivity index (χ1v) is 55.1. The summed E-state index contributed by atoms with van der Waals surface area (Å²) in [5.74, 6) is 1.54. The summed E-state index contributed by atoms with van der Waals surface area (Å²) >= 11 is 25.0. The van der Waals surface area contributed by atoms with Crippen molar-refractivity contribution in [3.8, 4) is 23.0 Å². The lowest BCUT2D eigenvalue weighted by Gasteiger charge is -2.43. The Balaban J connectivity index is 0.000000192. The van der Waals surface area contributed by atoms with E-state index in [0.717, 1.165) is 184 Å². The molecule has 0 aromatic heterocycles. The summed E-state index contributed by atoms with van der Waals surface area (Å²) in [5, 5.41) is 15.1. The molecule has 144 heavy (non-hydrogen) atoms. The number of aromatic hydroxyl groups is 1. The Morgan fingerprint density at radius 1 is 0.354 bits per heavy atom. The number of carbonyl (C=O) groups excluding carboxylic acids is 7. The zero-order chi connectivity index (χ0) is 101. The van der Waals surface area contributed by atoms with Crippen LogP contribution in [0.4, 0.5) is 34.1 Å². The van der Waals surface area contributed by atoms with Crippen molar-refractivity contribution in [2.75, 3.05) is 129 Å². The van der Waals surface area contributed by atoms with Gasteiger partial charge in [0, 0.05) is 114 Å². The van der Waals surface area contributed by atoms with Gasteiger partial charge in [0.15, 0.2) is 20.2 Å². The van der Waals surface area contributed by atoms with Gasteiger partial charge < -0.3 is 53.1 Å². The number of unbranched alkanes of at least 4 members (excludes halogenated alkanes) is 25. The maximum atomic E-state index is 12.8. The summed E-state index contributed by atoms with van der Waals surface area (Å²) < 4.78 is 35.4. The highest BCUT2D eigenvalue weighted by Gasteiger charge is 2.37. The molecule has 0 aliphatic carbocycles. The summed E-state index contributed by atoms with van der Waals surface area (Å²) in [7, 11) is 0. The number of quaternary nitrogens is 1. The number of nitrogens with one attached hydrogen (secondary N) is 1. The van der Waals surface area contributed by atoms with Crippen molar-refractivity contribution in [1.82, 2.24) is 4.90 Å². The number of nitrogens with zero attached hydrogens (tertiary/aromatic N) is 7. The Kier molecular flexibility index (Phi) is 52.9. The van der Waals surface area contributed by atoms with E-state index in [4.69, 9.17) is 74.8 Å². The topological polar surface area (TPSA) is 227 Å². The number of halogens is 5. The minimum Gasteiger partial charge on any atom is -0.508 e. The fourth-order valence-electron chi connectivity index (χ4n) is 19.3. The summed E-state index contributed by atoms with van der Waals surface area (Å²) in [4.78, 5) is 97.3. The Morgan fingerprint density at radius 2 is 0.722 bits per heavy atom. The van der Waals surface area contributed by atoms with E-state index >= 15 is 0 Å². The summed E-state index contributed by atoms with van der Waals surface area (Å²) in [6.07, 6.45) is 43.1. The number of phenolic OH excluding ortho intramolecular Hbond substituents is 1. The summed E-state index contributed by atoms with van der Waals surface area (Å²) in [6, 6.07) is 54.3. The molecule has 0 saturated carbocycles. The minimum absolute atomic E-state index is 0. The molecule has 2 N–H and O–H groups in total. The van der Waals surface area contributed by atoms with E-state index in [0.29, 0.717) is 116 Å². The molecule has 22 nitrogen and oxygen atoms in total. The molecule has 3 fully saturated rings. The van der Waals surface area contributed by atoms with Crippen LogP contribution in [-0.2, 0) is 86.7 Å². The summed E-state index contributed by atoms with van der Waals surface area (Å²) in [5.41, 5.74) is 11.7. The van der Waals surface area contributed by atoms with E-state index < -0.39 is 0 Å². The Labute approximate surface area is 894 Å². The molecule has 15 rings (SSSR count). The molecule has 0 unspecified atom stereocenters. The van der Waals surface area contributed by atoms with Crippen molar-refractivity contribution in [3.63, 3.8) is 0 Å². The van der Waals surface area contributed by atoms with Crippen LogP contribution in [0.5, 0.6) is 23.0 Å². The molecule has 7 heterocycles. The average molecular weight is 2170 g/mol. The van der Waals surface area contributed by atoms with Crippen molar-refractivity contribution in [2.45, 2.75) is 304 Å². The van der Waals surface area contributed by atoms with Crippen LogP contribution in [0.3, 0.4) is 0 Å². The number of aryl methyl sites for hydroxylation is 4. The highest BCUT2D eigenvalue weighted by molar-refractivity contribution is 14.0. The van der Waals surface area contributed by atoms with Crippen LogP contribution >= 0.6 is 70.4 Å². The first kappa shape index (κ1) is 117. The molecular weight excluding hydrogens is 2010 g/mol. The average Bonchev–Trinajstić information content (AvgIpc) is 1.63. The number of hydrogen-bond donors (Lipinski definition) is 2. The van der Waals surface area contributed by atoms with Gasteiger partial charge in [-0.1, -0.05) is 318 Å². The fourth-order valence-corrected chi connectivity index (χ4v) is 20.2. The third-order valence-electron chi connectivity index (χ3n) is 28.0. The third kappa shape index (κ3) is 40.0. The van der Waals surface area contributed by atoms with E-state index in [1.54, 1.807) is 21.9 Å². The number of anilines is 6. The second kappa shape index (κ2) is 65.4. The third-order valence-corrected chi connectivity index (χ3v) is 29.6. The zero-order valence-corrected chi connectivity index (χ0v) is 91.0. The Hall–Kier alpha value is -9.34. The minimum atomic E-state index is -0.266. The molecule has 3 saturated heterocycles. The van der Waals surface area contributed by atoms with Gasteiger partial charge >= 0.3 is 17.9 Å². The predicted octanol–water partition coefficient (Wildman–Crippen LogP) is 27.9. The van der Waals surface area contributed by atoms with Crippen LogP contribution in [0.2, 0.25) is 20.1 Å². The lowest BCUT2D eigenvalue weighted by Crippen LogP contribution is -2.58. The molecule has 0 radical (unpaired) electrons. The Morgan fingerprint density at radius 3 is 1.15 bits per heavy atom. The van der Waals surface area contributed by atoms with E-state index in [1.165, 1.54) is 176 Å². The number of phenols is 1. The van der Waals surface area contributed by atoms with Crippen LogP contribution in [-0.4, -0.2) is 155 Å². The highest BCUT2D eigenvalue weighted by Crippen LogP contribution is 2.40. The van der Waals surface area contributed by atoms with Crippen LogP contribution in [0.15, 0.2) is 170 Å². The van der Waals surface area contributed by atoms with Gasteiger partial charge in [0.05, 0.1) is 94.4 Å². The number of hydrogen-bond acceptors (Lipinski definition) is 17. The normalized spacial score (nSPS) is 15.0. The van der Waals surface area contributed by atoms with Crippen molar-refractivity contribution >= 4 is 146 Å². The fraction of sp³-hybridized carbons (Fsp3) is 0.530. The van der Waals surface area contributed by atoms with Crippen LogP contribution < -0.4 is 44.0 Å². The zero-order valence-electron chi connectivity index (χ0n) is 85.7. The lowest BCUT2D eigenvalue weighted by molar-refractivity contribution is -0.917. The summed E-state index contributed by atoms with van der Waals surface area (Å²) in [6.45, 7) is 20.4. The highest BCUT2D eigenvalue weighted by atomic mass is 127. The van der Waals surface area contributed by atoms with Gasteiger partial charge in [0.25, 0.3) is 0 Å². The molecule has 4 amide bonds. The smallest absolute Gasteiger partial charge is 0.307 e. The molecule has 8 aromatic rings. The molecular formula is C117H158Cl4IN8O14+. The van der Waals surface area contributed by atoms with Crippen molar-refractivity contribution in [1.29, 1.82) is 0 Å². The largest absolute Gasteiger partial charge is 0.508 e. The number of amides is 4. The first-order chi connectivity index (χ1) is 69.8. The van der Waals surface area contributed by atoms with E-state index in [1.807, 2.05) is 152 Å². The van der Waals surface area contributed by atoms with E-state index in [-0.39, 0.29) is 91.5 Å². The predicted molar refractivity (Wildman–Crippen MR) is 595 cm³/mol. The van der Waals surface area contributed by atoms with Gasteiger partial charge in [0.1, 0.15) is 36.2 Å². The number of esters is 3. The monoisotopic (exact) mass is 2170 g/mol. The maximum Gasteiger partial charge on any atom is 0.307 e. The molecule has 1 spiro atoms. The molecule has 7 aliphatic rings. The maximum absolute atomic E-state index is 12.8. The second-order valence-electron chi connectivity index (χ2n) is 38.9. The number of carbonyl (C=O) groups is 7. The SMILES string of the molecule is CCCCCCCCCCCC(=O)OCN1C(=O)CCc2ccc(O)cc21.CCCCCCCCCCCC(=O)OCN1C(=O)CCc2ccc(OCCCCN3CCN(c4cccc(Cl)c4Cl)CC3)cc21.CCCCCCCCCCCC(=O)OCN1C(=O)CCc2ccc(OCc3ccccc3)cc21.Clc1cccc(N2CC[N+]3(CCCC3)CC2)c1Cl.I.O=C1CCc2ccc(OCc3ccccc3)cc2N1. The lowest BCUT2D eigenvalue weighted by atomic mass is 10.0. The molecule has 0 bridgehead atoms. The number of ether oxygens (including phenoxy) is 6. The van der Waals surface area contributed by atoms with Crippen molar-refractivity contribution < 1.29 is 71.6 Å². The first-order valence-electron chi connectivity index (χ1n) is 53.6. The number of rotatable bonds is 50. The number of benzene rings is 8.